The Labute approximate surface area is 131 Å². The molecule has 2 aromatic carbocycles. The van der Waals surface area contributed by atoms with E-state index < -0.39 is 6.10 Å². The molecule has 0 saturated heterocycles. The number of hydrogen-bond acceptors (Lipinski definition) is 3. The fraction of sp³-hybridized carbons (Fsp3) is 0.278. The van der Waals surface area contributed by atoms with Crippen LogP contribution in [-0.4, -0.2) is 12.0 Å². The molecule has 1 atom stereocenters. The summed E-state index contributed by atoms with van der Waals surface area (Å²) in [6, 6.07) is 14.8. The highest BCUT2D eigenvalue weighted by Gasteiger charge is 2.15. The van der Waals surface area contributed by atoms with Gasteiger partial charge >= 0.3 is 0 Å². The fourth-order valence-corrected chi connectivity index (χ4v) is 2.00. The van der Waals surface area contributed by atoms with Gasteiger partial charge in [0.15, 0.2) is 6.10 Å². The Morgan fingerprint density at radius 2 is 1.59 bits per heavy atom. The molecule has 4 heteroatoms. The molecule has 0 aliphatic carbocycles. The summed E-state index contributed by atoms with van der Waals surface area (Å²) in [4.78, 5) is 12.1. The predicted molar refractivity (Wildman–Crippen MR) is 90.1 cm³/mol. The van der Waals surface area contributed by atoms with E-state index in [1.165, 1.54) is 5.56 Å². The molecule has 0 aliphatic heterocycles. The third-order valence-electron chi connectivity index (χ3n) is 3.41. The summed E-state index contributed by atoms with van der Waals surface area (Å²) in [7, 11) is 0. The van der Waals surface area contributed by atoms with Gasteiger partial charge in [0.2, 0.25) is 0 Å². The number of benzene rings is 2. The molecule has 22 heavy (non-hydrogen) atoms. The summed E-state index contributed by atoms with van der Waals surface area (Å²) in [5.41, 5.74) is 8.22. The van der Waals surface area contributed by atoms with Crippen molar-refractivity contribution in [1.82, 2.24) is 0 Å². The Bertz CT molecular complexity index is 619. The van der Waals surface area contributed by atoms with Gasteiger partial charge in [0, 0.05) is 11.4 Å². The van der Waals surface area contributed by atoms with Gasteiger partial charge < -0.3 is 15.8 Å². The first-order chi connectivity index (χ1) is 10.5. The molecule has 2 rings (SSSR count). The second-order valence-electron chi connectivity index (χ2n) is 5.60. The number of nitrogen functional groups attached to an aromatic ring is 1. The molecule has 0 aliphatic rings. The van der Waals surface area contributed by atoms with E-state index >= 15 is 0 Å². The highest BCUT2D eigenvalue weighted by atomic mass is 16.5. The first kappa shape index (κ1) is 15.9. The quantitative estimate of drug-likeness (QED) is 0.825. The second kappa shape index (κ2) is 6.98. The van der Waals surface area contributed by atoms with E-state index in [0.29, 0.717) is 23.0 Å². The molecule has 0 fully saturated rings. The van der Waals surface area contributed by atoms with Crippen molar-refractivity contribution in [2.24, 2.45) is 0 Å². The molecule has 4 nitrogen and oxygen atoms in total. The maximum absolute atomic E-state index is 12.1. The molecule has 0 radical (unpaired) electrons. The highest BCUT2D eigenvalue weighted by molar-refractivity contribution is 5.94. The van der Waals surface area contributed by atoms with Crippen LogP contribution in [0.2, 0.25) is 0 Å². The minimum Gasteiger partial charge on any atom is -0.481 e. The van der Waals surface area contributed by atoms with Crippen LogP contribution in [0, 0.1) is 0 Å². The van der Waals surface area contributed by atoms with Crippen molar-refractivity contribution in [2.75, 3.05) is 11.1 Å². The van der Waals surface area contributed by atoms with Crippen molar-refractivity contribution in [3.63, 3.8) is 0 Å². The zero-order valence-corrected chi connectivity index (χ0v) is 13.2. The molecule has 0 aromatic heterocycles. The number of amides is 1. The molecule has 0 saturated carbocycles. The average molecular weight is 298 g/mol. The Kier molecular flexibility index (Phi) is 5.04. The molecular formula is C18H22N2O2. The van der Waals surface area contributed by atoms with Crippen LogP contribution >= 0.6 is 0 Å². The van der Waals surface area contributed by atoms with E-state index in [4.69, 9.17) is 10.5 Å². The van der Waals surface area contributed by atoms with Gasteiger partial charge in [0.1, 0.15) is 5.75 Å². The van der Waals surface area contributed by atoms with Gasteiger partial charge in [-0.2, -0.15) is 0 Å². The van der Waals surface area contributed by atoms with Gasteiger partial charge in [-0.15, -0.1) is 0 Å². The monoisotopic (exact) mass is 298 g/mol. The molecule has 0 unspecified atom stereocenters. The fourth-order valence-electron chi connectivity index (χ4n) is 2.00. The van der Waals surface area contributed by atoms with Crippen LogP contribution in [0.1, 0.15) is 32.3 Å². The number of nitrogens with two attached hydrogens (primary N) is 1. The van der Waals surface area contributed by atoms with Crippen LogP contribution in [0.15, 0.2) is 48.5 Å². The average Bonchev–Trinajstić information content (AvgIpc) is 2.50. The number of ether oxygens (including phenoxy) is 1. The maximum atomic E-state index is 12.1. The minimum absolute atomic E-state index is 0.197. The van der Waals surface area contributed by atoms with Gasteiger partial charge in [-0.05, 0) is 54.8 Å². The zero-order chi connectivity index (χ0) is 16.1. The van der Waals surface area contributed by atoms with Crippen LogP contribution in [0.25, 0.3) is 0 Å². The van der Waals surface area contributed by atoms with Crippen LogP contribution in [-0.2, 0) is 4.79 Å². The standard InChI is InChI=1S/C18H22N2O2/c1-12(2)14-4-10-17(11-5-14)22-13(3)18(21)20-16-8-6-15(19)7-9-16/h4-13H,19H2,1-3H3,(H,20,21)/t13-/m0/s1. The van der Waals surface area contributed by atoms with E-state index in [0.717, 1.165) is 0 Å². The first-order valence-corrected chi connectivity index (χ1v) is 7.38. The second-order valence-corrected chi connectivity index (χ2v) is 5.60. The largest absolute Gasteiger partial charge is 0.481 e. The topological polar surface area (TPSA) is 64.3 Å². The van der Waals surface area contributed by atoms with Crippen molar-refractivity contribution in [3.05, 3.63) is 54.1 Å². The number of anilines is 2. The highest BCUT2D eigenvalue weighted by Crippen LogP contribution is 2.20. The molecule has 2 aromatic rings. The minimum atomic E-state index is -0.581. The number of hydrogen-bond donors (Lipinski definition) is 2. The lowest BCUT2D eigenvalue weighted by atomic mass is 10.0. The molecule has 0 bridgehead atoms. The summed E-state index contributed by atoms with van der Waals surface area (Å²) in [5.74, 6) is 0.961. The van der Waals surface area contributed by atoms with E-state index in [1.54, 1.807) is 31.2 Å². The summed E-state index contributed by atoms with van der Waals surface area (Å²) < 4.78 is 5.67. The number of carbonyl (C=O) groups is 1. The lowest BCUT2D eigenvalue weighted by molar-refractivity contribution is -0.122. The normalized spacial score (nSPS) is 12.0. The van der Waals surface area contributed by atoms with Crippen LogP contribution < -0.4 is 15.8 Å². The number of carbonyl (C=O) groups excluding carboxylic acids is 1. The van der Waals surface area contributed by atoms with Crippen LogP contribution in [0.3, 0.4) is 0 Å². The van der Waals surface area contributed by atoms with Gasteiger partial charge in [0.25, 0.3) is 5.91 Å². The zero-order valence-electron chi connectivity index (χ0n) is 13.2. The maximum Gasteiger partial charge on any atom is 0.265 e. The third-order valence-corrected chi connectivity index (χ3v) is 3.41. The molecule has 3 N–H and O–H groups in total. The Balaban J connectivity index is 1.94. The summed E-state index contributed by atoms with van der Waals surface area (Å²) in [5, 5.41) is 2.80. The van der Waals surface area contributed by atoms with Gasteiger partial charge in [-0.3, -0.25) is 4.79 Å². The van der Waals surface area contributed by atoms with Gasteiger partial charge in [0.05, 0.1) is 0 Å². The summed E-state index contributed by atoms with van der Waals surface area (Å²) >= 11 is 0. The predicted octanol–water partition coefficient (Wildman–Crippen LogP) is 3.80. The Morgan fingerprint density at radius 3 is 2.14 bits per heavy atom. The summed E-state index contributed by atoms with van der Waals surface area (Å²) in [6.07, 6.45) is -0.581. The van der Waals surface area contributed by atoms with E-state index in [9.17, 15) is 4.79 Å². The third kappa shape index (κ3) is 4.25. The van der Waals surface area contributed by atoms with Crippen molar-refractivity contribution in [1.29, 1.82) is 0 Å². The molecule has 0 heterocycles. The van der Waals surface area contributed by atoms with E-state index in [2.05, 4.69) is 19.2 Å². The summed E-state index contributed by atoms with van der Waals surface area (Å²) in [6.45, 7) is 6.00. The lowest BCUT2D eigenvalue weighted by Gasteiger charge is -2.15. The van der Waals surface area contributed by atoms with Crippen LogP contribution in [0.5, 0.6) is 5.75 Å². The molecule has 1 amide bonds. The van der Waals surface area contributed by atoms with E-state index in [-0.39, 0.29) is 5.91 Å². The van der Waals surface area contributed by atoms with Crippen molar-refractivity contribution < 1.29 is 9.53 Å². The molecule has 0 spiro atoms. The lowest BCUT2D eigenvalue weighted by Crippen LogP contribution is -2.30. The van der Waals surface area contributed by atoms with Crippen molar-refractivity contribution in [2.45, 2.75) is 32.8 Å². The number of nitrogens with one attached hydrogen (secondary N) is 1. The van der Waals surface area contributed by atoms with Gasteiger partial charge in [-0.25, -0.2) is 0 Å². The first-order valence-electron chi connectivity index (χ1n) is 7.38. The molecule has 116 valence electrons. The van der Waals surface area contributed by atoms with Crippen molar-refractivity contribution >= 4 is 17.3 Å². The Morgan fingerprint density at radius 1 is 1.00 bits per heavy atom. The van der Waals surface area contributed by atoms with E-state index in [1.807, 2.05) is 24.3 Å². The number of rotatable bonds is 5. The van der Waals surface area contributed by atoms with Crippen LogP contribution in [0.4, 0.5) is 11.4 Å². The Hall–Kier alpha value is -2.49. The molecular weight excluding hydrogens is 276 g/mol. The van der Waals surface area contributed by atoms with Gasteiger partial charge in [-0.1, -0.05) is 26.0 Å². The smallest absolute Gasteiger partial charge is 0.265 e. The van der Waals surface area contributed by atoms with Crippen molar-refractivity contribution in [3.8, 4) is 5.75 Å². The SMILES string of the molecule is CC(C)c1ccc(O[C@@H](C)C(=O)Nc2ccc(N)cc2)cc1.